The summed E-state index contributed by atoms with van der Waals surface area (Å²) >= 11 is 0. The van der Waals surface area contributed by atoms with Crippen LogP contribution in [0.3, 0.4) is 0 Å². The van der Waals surface area contributed by atoms with Crippen molar-refractivity contribution in [1.29, 1.82) is 0 Å². The molecule has 6 heteroatoms. The first-order valence-electron chi connectivity index (χ1n) is 11.8. The second kappa shape index (κ2) is 10.6. The number of anilines is 1. The lowest BCUT2D eigenvalue weighted by molar-refractivity contribution is -0.134. The van der Waals surface area contributed by atoms with Crippen LogP contribution in [0.4, 0.5) is 5.82 Å². The number of ether oxygens (including phenoxy) is 1. The number of amides is 2. The van der Waals surface area contributed by atoms with Gasteiger partial charge in [-0.25, -0.2) is 4.98 Å². The van der Waals surface area contributed by atoms with Crippen LogP contribution >= 0.6 is 0 Å². The van der Waals surface area contributed by atoms with Crippen molar-refractivity contribution in [2.45, 2.75) is 64.4 Å². The van der Waals surface area contributed by atoms with Crippen LogP contribution in [0.15, 0.2) is 42.6 Å². The fraction of sp³-hybridized carbons (Fsp3) is 0.500. The van der Waals surface area contributed by atoms with Crippen molar-refractivity contribution in [2.24, 2.45) is 5.92 Å². The summed E-state index contributed by atoms with van der Waals surface area (Å²) < 4.78 is 6.08. The summed E-state index contributed by atoms with van der Waals surface area (Å²) in [6.07, 6.45) is 9.43. The van der Waals surface area contributed by atoms with Crippen molar-refractivity contribution < 1.29 is 14.3 Å². The van der Waals surface area contributed by atoms with Gasteiger partial charge in [-0.15, -0.1) is 0 Å². The Kier molecular flexibility index (Phi) is 7.40. The topological polar surface area (TPSA) is 71.5 Å². The highest BCUT2D eigenvalue weighted by Gasteiger charge is 2.27. The quantitative estimate of drug-likeness (QED) is 0.694. The predicted octanol–water partition coefficient (Wildman–Crippen LogP) is 4.52. The second-order valence-electron chi connectivity index (χ2n) is 9.04. The summed E-state index contributed by atoms with van der Waals surface area (Å²) in [6, 6.07) is 11.9. The van der Waals surface area contributed by atoms with Gasteiger partial charge in [0, 0.05) is 31.6 Å². The molecule has 1 aliphatic carbocycles. The molecule has 1 saturated carbocycles. The molecule has 0 spiro atoms. The minimum Gasteiger partial charge on any atom is -0.490 e. The molecule has 0 atom stereocenters. The Morgan fingerprint density at radius 3 is 2.59 bits per heavy atom. The Bertz CT molecular complexity index is 914. The third kappa shape index (κ3) is 6.09. The number of pyridine rings is 1. The molecule has 4 rings (SSSR count). The molecule has 2 heterocycles. The summed E-state index contributed by atoms with van der Waals surface area (Å²) in [5.74, 6) is 1.57. The Hall–Kier alpha value is -2.89. The maximum absolute atomic E-state index is 12.7. The number of nitrogens with zero attached hydrogens (tertiary/aromatic N) is 2. The lowest BCUT2D eigenvalue weighted by Crippen LogP contribution is -2.41. The molecule has 2 fully saturated rings. The van der Waals surface area contributed by atoms with Gasteiger partial charge in [-0.05, 0) is 81.2 Å². The maximum Gasteiger partial charge on any atom is 0.228 e. The molecule has 1 N–H and O–H groups in total. The van der Waals surface area contributed by atoms with Crippen LogP contribution in [0.2, 0.25) is 0 Å². The van der Waals surface area contributed by atoms with Crippen molar-refractivity contribution in [3.05, 3.63) is 53.7 Å². The van der Waals surface area contributed by atoms with E-state index in [4.69, 9.17) is 4.74 Å². The largest absolute Gasteiger partial charge is 0.490 e. The van der Waals surface area contributed by atoms with E-state index in [0.29, 0.717) is 50.7 Å². The van der Waals surface area contributed by atoms with Gasteiger partial charge >= 0.3 is 0 Å². The second-order valence-corrected chi connectivity index (χ2v) is 9.04. The molecule has 0 radical (unpaired) electrons. The van der Waals surface area contributed by atoms with Crippen LogP contribution in [-0.4, -0.2) is 40.9 Å². The maximum atomic E-state index is 12.7. The molecule has 32 heavy (non-hydrogen) atoms. The van der Waals surface area contributed by atoms with Gasteiger partial charge in [0.2, 0.25) is 11.8 Å². The van der Waals surface area contributed by atoms with E-state index in [1.807, 2.05) is 36.1 Å². The Morgan fingerprint density at radius 2 is 1.88 bits per heavy atom. The smallest absolute Gasteiger partial charge is 0.228 e. The van der Waals surface area contributed by atoms with Gasteiger partial charge in [-0.3, -0.25) is 9.59 Å². The number of hydrogen-bond donors (Lipinski definition) is 1. The SMILES string of the molecule is Cc1ccc(NC(=O)C2CCN(C(=O)CCc3cccc(OC4CCCC4)c3)CC2)nc1. The lowest BCUT2D eigenvalue weighted by atomic mass is 9.95. The van der Waals surface area contributed by atoms with E-state index >= 15 is 0 Å². The van der Waals surface area contributed by atoms with Gasteiger partial charge in [0.25, 0.3) is 0 Å². The van der Waals surface area contributed by atoms with E-state index in [1.54, 1.807) is 6.20 Å². The summed E-state index contributed by atoms with van der Waals surface area (Å²) in [5.41, 5.74) is 2.19. The summed E-state index contributed by atoms with van der Waals surface area (Å²) in [4.78, 5) is 31.4. The van der Waals surface area contributed by atoms with Crippen molar-refractivity contribution >= 4 is 17.6 Å². The third-order valence-electron chi connectivity index (χ3n) is 6.51. The van der Waals surface area contributed by atoms with Crippen LogP contribution in [0, 0.1) is 12.8 Å². The molecule has 2 aliphatic rings. The molecule has 2 amide bonds. The average Bonchev–Trinajstić information content (AvgIpc) is 3.32. The molecule has 1 aromatic carbocycles. The molecule has 1 aliphatic heterocycles. The number of likely N-dealkylation sites (tertiary alicyclic amines) is 1. The van der Waals surface area contributed by atoms with Crippen molar-refractivity contribution in [3.63, 3.8) is 0 Å². The molecule has 1 aromatic heterocycles. The van der Waals surface area contributed by atoms with E-state index in [-0.39, 0.29) is 17.7 Å². The van der Waals surface area contributed by atoms with Crippen LogP contribution in [0.5, 0.6) is 5.75 Å². The highest BCUT2D eigenvalue weighted by atomic mass is 16.5. The molecular formula is C26H33N3O3. The van der Waals surface area contributed by atoms with Gasteiger partial charge in [0.1, 0.15) is 11.6 Å². The Labute approximate surface area is 190 Å². The highest BCUT2D eigenvalue weighted by Crippen LogP contribution is 2.25. The number of nitrogens with one attached hydrogen (secondary N) is 1. The van der Waals surface area contributed by atoms with Gasteiger partial charge in [-0.2, -0.15) is 0 Å². The molecule has 1 saturated heterocycles. The zero-order valence-electron chi connectivity index (χ0n) is 18.9. The average molecular weight is 436 g/mol. The van der Waals surface area contributed by atoms with E-state index in [1.165, 1.54) is 12.8 Å². The van der Waals surface area contributed by atoms with Crippen LogP contribution in [-0.2, 0) is 16.0 Å². The Balaban J connectivity index is 1.20. The van der Waals surface area contributed by atoms with E-state index in [2.05, 4.69) is 22.4 Å². The van der Waals surface area contributed by atoms with Gasteiger partial charge in [-0.1, -0.05) is 18.2 Å². The zero-order chi connectivity index (χ0) is 22.3. The third-order valence-corrected chi connectivity index (χ3v) is 6.51. The predicted molar refractivity (Wildman–Crippen MR) is 125 cm³/mol. The minimum atomic E-state index is -0.0772. The zero-order valence-corrected chi connectivity index (χ0v) is 18.9. The van der Waals surface area contributed by atoms with Crippen molar-refractivity contribution in [2.75, 3.05) is 18.4 Å². The number of carbonyl (C=O) groups is 2. The number of piperidine rings is 1. The summed E-state index contributed by atoms with van der Waals surface area (Å²) in [7, 11) is 0. The van der Waals surface area contributed by atoms with Gasteiger partial charge < -0.3 is 15.0 Å². The van der Waals surface area contributed by atoms with Crippen molar-refractivity contribution in [3.8, 4) is 5.75 Å². The fourth-order valence-electron chi connectivity index (χ4n) is 4.54. The van der Waals surface area contributed by atoms with E-state index in [9.17, 15) is 9.59 Å². The first kappa shape index (κ1) is 22.3. The number of aromatic nitrogens is 1. The monoisotopic (exact) mass is 435 g/mol. The number of hydrogen-bond acceptors (Lipinski definition) is 4. The van der Waals surface area contributed by atoms with Crippen LogP contribution in [0.1, 0.15) is 56.1 Å². The normalized spacial score (nSPS) is 17.3. The number of benzene rings is 1. The highest BCUT2D eigenvalue weighted by molar-refractivity contribution is 5.91. The standard InChI is InChI=1S/C26H33N3O3/c1-19-9-11-24(27-18-19)28-26(31)21-13-15-29(16-14-21)25(30)12-10-20-5-4-8-23(17-20)32-22-6-2-3-7-22/h4-5,8-9,11,17-18,21-22H,2-3,6-7,10,12-16H2,1H3,(H,27,28,31). The Morgan fingerprint density at radius 1 is 1.09 bits per heavy atom. The number of carbonyl (C=O) groups excluding carboxylic acids is 2. The number of rotatable bonds is 7. The number of aryl methyl sites for hydroxylation is 2. The molecule has 170 valence electrons. The van der Waals surface area contributed by atoms with Crippen LogP contribution < -0.4 is 10.1 Å². The van der Waals surface area contributed by atoms with E-state index in [0.717, 1.165) is 29.7 Å². The molecule has 0 unspecified atom stereocenters. The molecule has 0 bridgehead atoms. The van der Waals surface area contributed by atoms with Gasteiger partial charge in [0.15, 0.2) is 0 Å². The molecular weight excluding hydrogens is 402 g/mol. The first-order chi connectivity index (χ1) is 15.6. The summed E-state index contributed by atoms with van der Waals surface area (Å²) in [6.45, 7) is 3.22. The molecule has 6 nitrogen and oxygen atoms in total. The lowest BCUT2D eigenvalue weighted by Gasteiger charge is -2.31. The fourth-order valence-corrected chi connectivity index (χ4v) is 4.54. The summed E-state index contributed by atoms with van der Waals surface area (Å²) in [5, 5.41) is 2.90. The van der Waals surface area contributed by atoms with E-state index < -0.39 is 0 Å². The first-order valence-corrected chi connectivity index (χ1v) is 11.8. The molecule has 2 aromatic rings. The van der Waals surface area contributed by atoms with Crippen molar-refractivity contribution in [1.82, 2.24) is 9.88 Å². The van der Waals surface area contributed by atoms with Gasteiger partial charge in [0.05, 0.1) is 6.10 Å². The minimum absolute atomic E-state index is 0.00692. The van der Waals surface area contributed by atoms with Crippen LogP contribution in [0.25, 0.3) is 0 Å².